The molecule has 30 heteroatoms. The molecule has 0 atom stereocenters. The maximum absolute atomic E-state index is 15.0. The summed E-state index contributed by atoms with van der Waals surface area (Å²) < 4.78 is 110. The van der Waals surface area contributed by atoms with E-state index in [0.717, 1.165) is 17.3 Å². The van der Waals surface area contributed by atoms with Crippen LogP contribution in [0.25, 0.3) is 0 Å². The minimum Gasteiger partial charge on any atom is -0.493 e. The summed E-state index contributed by atoms with van der Waals surface area (Å²) in [5.74, 6) is 1.05. The second-order valence-electron chi connectivity index (χ2n) is 21.4. The SMILES string of the molecule is C.COCN1C(=O)C(C)(C)Oc2ccc(Nc3nc(Nc4cc(OC)c(OC)c(OC)c4)ncc3F)nc21.COc1cc(Nc2ncc(F)c(Nc3ccc4c(n3)N(COP(=O)(OC(C)(C)C)OC(C)(C)C)C(=O)C(C)(C)O4)n2)cc(OC)c1OC. The van der Waals surface area contributed by atoms with Crippen LogP contribution in [0.5, 0.6) is 46.0 Å². The van der Waals surface area contributed by atoms with Crippen LogP contribution in [-0.2, 0) is 32.5 Å². The van der Waals surface area contributed by atoms with E-state index < -0.39 is 54.5 Å². The van der Waals surface area contributed by atoms with Crippen LogP contribution in [0, 0.1) is 11.6 Å². The molecule has 6 heterocycles. The Balaban J connectivity index is 0.000000281. The van der Waals surface area contributed by atoms with Crippen molar-refractivity contribution in [2.45, 2.75) is 99.1 Å². The number of carbonyl (C=O) groups excluding carboxylic acids is 2. The van der Waals surface area contributed by atoms with Gasteiger partial charge in [-0.3, -0.25) is 33.0 Å². The van der Waals surface area contributed by atoms with E-state index in [0.29, 0.717) is 51.6 Å². The van der Waals surface area contributed by atoms with E-state index in [1.54, 1.807) is 112 Å². The van der Waals surface area contributed by atoms with Crippen molar-refractivity contribution in [1.82, 2.24) is 29.9 Å². The number of aromatic nitrogens is 6. The highest BCUT2D eigenvalue weighted by molar-refractivity contribution is 7.48. The average Bonchev–Trinajstić information content (AvgIpc) is 3.20. The minimum atomic E-state index is -4.21. The van der Waals surface area contributed by atoms with Crippen LogP contribution in [0.3, 0.4) is 0 Å². The number of hydrogen-bond acceptors (Lipinski definition) is 25. The number of fused-ring (bicyclic) bond motifs is 2. The molecule has 0 saturated heterocycles. The second-order valence-corrected chi connectivity index (χ2v) is 22.9. The molecule has 0 spiro atoms. The monoisotopic (exact) mass is 1220 g/mol. The highest BCUT2D eigenvalue weighted by Crippen LogP contribution is 2.56. The third kappa shape index (κ3) is 15.8. The van der Waals surface area contributed by atoms with Crippen LogP contribution in [0.2, 0.25) is 0 Å². The quantitative estimate of drug-likeness (QED) is 0.0487. The highest BCUT2D eigenvalue weighted by atomic mass is 31.2. The number of nitrogens with one attached hydrogen (secondary N) is 4. The predicted molar refractivity (Wildman–Crippen MR) is 316 cm³/mol. The molecule has 2 aromatic carbocycles. The van der Waals surface area contributed by atoms with Crippen molar-refractivity contribution in [3.63, 3.8) is 0 Å². The lowest BCUT2D eigenvalue weighted by molar-refractivity contribution is -0.134. The van der Waals surface area contributed by atoms with E-state index in [9.17, 15) is 22.9 Å². The van der Waals surface area contributed by atoms with Crippen molar-refractivity contribution in [1.29, 1.82) is 0 Å². The molecule has 86 heavy (non-hydrogen) atoms. The zero-order chi connectivity index (χ0) is 62.4. The Bertz CT molecular complexity index is 3410. The van der Waals surface area contributed by atoms with Gasteiger partial charge in [-0.1, -0.05) is 7.43 Å². The third-order valence-electron chi connectivity index (χ3n) is 11.6. The van der Waals surface area contributed by atoms with E-state index in [2.05, 4.69) is 51.2 Å². The fourth-order valence-corrected chi connectivity index (χ4v) is 9.85. The zero-order valence-corrected chi connectivity index (χ0v) is 51.0. The van der Waals surface area contributed by atoms with Crippen LogP contribution in [-0.4, -0.2) is 127 Å². The van der Waals surface area contributed by atoms with Crippen molar-refractivity contribution in [2.24, 2.45) is 0 Å². The summed E-state index contributed by atoms with van der Waals surface area (Å²) in [7, 11) is 6.20. The lowest BCUT2D eigenvalue weighted by Gasteiger charge is -2.38. The Morgan fingerprint density at radius 3 is 1.23 bits per heavy atom. The fraction of sp³-hybridized carbons (Fsp3) is 0.429. The largest absolute Gasteiger partial charge is 0.493 e. The predicted octanol–water partition coefficient (Wildman–Crippen LogP) is 11.0. The standard InChI is InChI=1S/C31H42FN6O9P.C24H27FN6O6.CH4/c1-29(2,3)46-48(40,47-30(4,5)6)44-17-38-26-20(45-31(7,8)27(38)39)12-13-23(36-26)35-25-19(32)16-33-28(37-25)34-18-14-21(41-9)24(43-11)22(15-18)42-10;1-24(2)22(32)31(12-33-3)21-15(37-24)7-8-18(29-21)28-20-14(25)11-26-23(30-20)27-13-9-16(34-4)19(36-6)17(10-13)35-5;/h12-16H,17H2,1-11H3,(H2,33,34,35,36,37);7-11H,12H2,1-6H3,(H2,26,27,28,29,30);1H4. The van der Waals surface area contributed by atoms with E-state index in [-0.39, 0.29) is 72.6 Å². The molecule has 0 unspecified atom stereocenters. The number of amides is 2. The lowest BCUT2D eigenvalue weighted by Crippen LogP contribution is -2.53. The average molecular weight is 1220 g/mol. The van der Waals surface area contributed by atoms with Gasteiger partial charge < -0.3 is 63.9 Å². The number of halogens is 2. The van der Waals surface area contributed by atoms with Gasteiger partial charge in [-0.25, -0.2) is 33.3 Å². The number of rotatable bonds is 21. The molecule has 2 amide bonds. The summed E-state index contributed by atoms with van der Waals surface area (Å²) in [5, 5.41) is 11.6. The van der Waals surface area contributed by atoms with E-state index in [1.807, 2.05) is 0 Å². The molecule has 0 bridgehead atoms. The van der Waals surface area contributed by atoms with Crippen molar-refractivity contribution >= 4 is 77.8 Å². The fourth-order valence-electron chi connectivity index (χ4n) is 8.11. The summed E-state index contributed by atoms with van der Waals surface area (Å²) >= 11 is 0. The van der Waals surface area contributed by atoms with Gasteiger partial charge in [-0.2, -0.15) is 9.97 Å². The van der Waals surface area contributed by atoms with Gasteiger partial charge >= 0.3 is 7.82 Å². The van der Waals surface area contributed by atoms with Gasteiger partial charge in [0.2, 0.25) is 23.4 Å². The van der Waals surface area contributed by atoms with E-state index in [1.165, 1.54) is 60.7 Å². The molecule has 27 nitrogen and oxygen atoms in total. The Morgan fingerprint density at radius 1 is 0.547 bits per heavy atom. The number of nitrogens with zero attached hydrogens (tertiary/aromatic N) is 8. The van der Waals surface area contributed by atoms with E-state index in [4.69, 9.17) is 56.2 Å². The van der Waals surface area contributed by atoms with Gasteiger partial charge in [0.25, 0.3) is 11.8 Å². The van der Waals surface area contributed by atoms with Gasteiger partial charge in [0.15, 0.2) is 80.6 Å². The maximum Gasteiger partial charge on any atom is 0.477 e. The maximum atomic E-state index is 15.0. The lowest BCUT2D eigenvalue weighted by atomic mass is 10.1. The second kappa shape index (κ2) is 26.7. The number of phosphoric acid groups is 1. The summed E-state index contributed by atoms with van der Waals surface area (Å²) in [6.45, 7) is 16.1. The van der Waals surface area contributed by atoms with Gasteiger partial charge in [0.05, 0.1) is 66.3 Å². The molecule has 2 aliphatic rings. The summed E-state index contributed by atoms with van der Waals surface area (Å²) in [4.78, 5) is 54.3. The first-order chi connectivity index (χ1) is 40.0. The molecular formula is C56H73F2N12O15P. The number of hydrogen-bond donors (Lipinski definition) is 4. The smallest absolute Gasteiger partial charge is 0.477 e. The minimum absolute atomic E-state index is 0. The molecule has 0 radical (unpaired) electrons. The zero-order valence-electron chi connectivity index (χ0n) is 50.1. The normalized spacial score (nSPS) is 14.1. The highest BCUT2D eigenvalue weighted by Gasteiger charge is 2.45. The molecule has 6 aromatic rings. The topological polar surface area (TPSA) is 294 Å². The third-order valence-corrected chi connectivity index (χ3v) is 13.6. The van der Waals surface area contributed by atoms with Crippen molar-refractivity contribution < 1.29 is 79.1 Å². The molecular weight excluding hydrogens is 1150 g/mol. The van der Waals surface area contributed by atoms with Gasteiger partial charge in [0.1, 0.15) is 25.1 Å². The van der Waals surface area contributed by atoms with Gasteiger partial charge in [-0.15, -0.1) is 0 Å². The molecule has 8 rings (SSSR count). The number of pyridine rings is 2. The van der Waals surface area contributed by atoms with E-state index >= 15 is 0 Å². The Kier molecular flexibility index (Phi) is 20.7. The van der Waals surface area contributed by atoms with Crippen LogP contribution in [0.15, 0.2) is 60.9 Å². The molecule has 0 aliphatic carbocycles. The number of methoxy groups -OCH3 is 7. The first kappa shape index (κ1) is 66.5. The van der Waals surface area contributed by atoms with Gasteiger partial charge in [-0.05, 0) is 93.5 Å². The Morgan fingerprint density at radius 2 is 0.907 bits per heavy atom. The molecule has 0 saturated carbocycles. The first-order valence-corrected chi connectivity index (χ1v) is 27.3. The molecule has 4 N–H and O–H groups in total. The molecule has 2 aliphatic heterocycles. The van der Waals surface area contributed by atoms with Crippen LogP contribution < -0.4 is 69.0 Å². The summed E-state index contributed by atoms with van der Waals surface area (Å²) in [6.07, 6.45) is 1.99. The van der Waals surface area contributed by atoms with Crippen molar-refractivity contribution in [3.8, 4) is 46.0 Å². The molecule has 4 aromatic heterocycles. The number of ether oxygens (including phenoxy) is 9. The van der Waals surface area contributed by atoms with Crippen molar-refractivity contribution in [3.05, 3.63) is 72.6 Å². The number of anilines is 10. The number of phosphoric ester groups is 1. The molecule has 0 fully saturated rings. The Labute approximate surface area is 497 Å². The van der Waals surface area contributed by atoms with Crippen molar-refractivity contribution in [2.75, 3.05) is 94.3 Å². The number of carbonyl (C=O) groups is 2. The van der Waals surface area contributed by atoms with Crippen LogP contribution in [0.4, 0.5) is 67.0 Å². The molecule has 466 valence electrons. The first-order valence-electron chi connectivity index (χ1n) is 25.9. The Hall–Kier alpha value is -8.63. The summed E-state index contributed by atoms with van der Waals surface area (Å²) in [5.41, 5.74) is -3.21. The van der Waals surface area contributed by atoms with Gasteiger partial charge in [0, 0.05) is 42.8 Å². The number of benzene rings is 2. The summed E-state index contributed by atoms with van der Waals surface area (Å²) in [6, 6.07) is 12.9. The van der Waals surface area contributed by atoms with Crippen LogP contribution in [0.1, 0.15) is 76.7 Å². The van der Waals surface area contributed by atoms with Crippen LogP contribution >= 0.6 is 7.82 Å².